The van der Waals surface area contributed by atoms with E-state index in [1.807, 2.05) is 13.0 Å². The van der Waals surface area contributed by atoms with Crippen molar-refractivity contribution >= 4 is 64.1 Å². The van der Waals surface area contributed by atoms with Gasteiger partial charge in [0.2, 0.25) is 11.8 Å². The molecule has 1 saturated carbocycles. The molecule has 8 nitrogen and oxygen atoms in total. The fourth-order valence-electron chi connectivity index (χ4n) is 7.00. The number of hydrogen-bond acceptors (Lipinski definition) is 6. The van der Waals surface area contributed by atoms with E-state index in [9.17, 15) is 24.3 Å². The number of carbonyl (C=O) groups is 4. The number of anilines is 1. The topological polar surface area (TPSA) is 104 Å². The molecular weight excluding hydrogens is 579 g/mol. The highest BCUT2D eigenvalue weighted by Gasteiger charge is 2.76. The summed E-state index contributed by atoms with van der Waals surface area (Å²) >= 11 is 20.6. The van der Waals surface area contributed by atoms with Crippen LogP contribution in [0.5, 0.6) is 11.5 Å². The summed E-state index contributed by atoms with van der Waals surface area (Å²) in [6.07, 6.45) is 1.88. The zero-order chi connectivity index (χ0) is 28.9. The predicted octanol–water partition coefficient (Wildman–Crippen LogP) is 4.56. The van der Waals surface area contributed by atoms with Gasteiger partial charge in [-0.25, -0.2) is 4.90 Å². The average Bonchev–Trinajstić information content (AvgIpc) is 3.25. The van der Waals surface area contributed by atoms with Crippen molar-refractivity contribution in [1.82, 2.24) is 4.90 Å². The van der Waals surface area contributed by atoms with Crippen LogP contribution in [0.1, 0.15) is 29.9 Å². The molecule has 2 saturated heterocycles. The van der Waals surface area contributed by atoms with E-state index >= 15 is 0 Å². The maximum atomic E-state index is 14.0. The van der Waals surface area contributed by atoms with Gasteiger partial charge in [-0.05, 0) is 49.4 Å². The van der Waals surface area contributed by atoms with Gasteiger partial charge in [-0.3, -0.25) is 24.1 Å². The molecule has 3 fully saturated rings. The molecule has 0 unspecified atom stereocenters. The molecule has 2 aromatic carbocycles. The molecule has 2 heterocycles. The molecule has 0 spiro atoms. The number of amides is 4. The van der Waals surface area contributed by atoms with Crippen molar-refractivity contribution in [2.45, 2.75) is 35.4 Å². The minimum absolute atomic E-state index is 0.136. The molecule has 4 amide bonds. The van der Waals surface area contributed by atoms with Gasteiger partial charge < -0.3 is 9.84 Å². The molecular formula is C29H25Cl3N2O6. The van der Waals surface area contributed by atoms with Crippen LogP contribution in [-0.4, -0.2) is 57.5 Å². The Morgan fingerprint density at radius 2 is 1.75 bits per heavy atom. The number of carbonyl (C=O) groups excluding carboxylic acids is 4. The minimum Gasteiger partial charge on any atom is -0.504 e. The van der Waals surface area contributed by atoms with E-state index in [2.05, 4.69) is 0 Å². The van der Waals surface area contributed by atoms with Crippen LogP contribution in [0.2, 0.25) is 5.02 Å². The lowest BCUT2D eigenvalue weighted by atomic mass is 9.56. The normalized spacial score (nSPS) is 33.1. The number of likely N-dealkylation sites (tertiary alicyclic amines) is 1. The first-order valence-electron chi connectivity index (χ1n) is 12.8. The van der Waals surface area contributed by atoms with Crippen molar-refractivity contribution in [2.75, 3.05) is 19.1 Å². The number of alkyl halides is 2. The molecule has 208 valence electrons. The molecule has 11 heteroatoms. The van der Waals surface area contributed by atoms with E-state index in [1.165, 1.54) is 14.2 Å². The molecule has 0 bridgehead atoms. The summed E-state index contributed by atoms with van der Waals surface area (Å²) in [5, 5.41) is 11.6. The van der Waals surface area contributed by atoms with Crippen LogP contribution in [0.4, 0.5) is 5.69 Å². The number of allylic oxidation sites excluding steroid dienone is 2. The number of halogens is 3. The van der Waals surface area contributed by atoms with Gasteiger partial charge in [-0.1, -0.05) is 41.4 Å². The van der Waals surface area contributed by atoms with E-state index in [4.69, 9.17) is 39.5 Å². The Morgan fingerprint density at radius 1 is 1.02 bits per heavy atom. The zero-order valence-corrected chi connectivity index (χ0v) is 24.0. The van der Waals surface area contributed by atoms with Gasteiger partial charge in [0.1, 0.15) is 0 Å². The lowest BCUT2D eigenvalue weighted by Crippen LogP contribution is -2.60. The number of para-hydroxylation sites is 1. The number of aromatic hydroxyl groups is 1. The number of rotatable bonds is 3. The Bertz CT molecular complexity index is 1560. The monoisotopic (exact) mass is 602 g/mol. The third-order valence-electron chi connectivity index (χ3n) is 8.99. The minimum atomic E-state index is -1.99. The van der Waals surface area contributed by atoms with Gasteiger partial charge in [0.15, 0.2) is 21.2 Å². The van der Waals surface area contributed by atoms with Crippen molar-refractivity contribution in [3.63, 3.8) is 0 Å². The first-order chi connectivity index (χ1) is 18.9. The predicted molar refractivity (Wildman–Crippen MR) is 149 cm³/mol. The molecule has 2 aromatic rings. The average molecular weight is 604 g/mol. The summed E-state index contributed by atoms with van der Waals surface area (Å²) < 4.78 is 5.31. The fraction of sp³-hybridized carbons (Fsp3) is 0.379. The van der Waals surface area contributed by atoms with Crippen LogP contribution in [-0.2, 0) is 19.2 Å². The second kappa shape index (κ2) is 8.96. The Hall–Kier alpha value is -3.07. The standard InChI is InChI=1S/C29H25Cl3N2O6/c1-13-7-8-14(11-19(13)30)34-24(36)16-10-9-15-18(21(16)25(34)37)12-28(31)26(38)33(2)27(39)29(28,32)22(15)17-5-4-6-20(40-3)23(17)35/h4-9,11,16,18,21-22,35H,10,12H2,1-3H3/t16-,18+,21-,22+,28+,29-/m0/s1. The number of imide groups is 2. The Labute approximate surface area is 245 Å². The first kappa shape index (κ1) is 27.1. The molecule has 2 aliphatic heterocycles. The number of aryl methyl sites for hydroxylation is 1. The quantitative estimate of drug-likeness (QED) is 0.314. The number of hydrogen-bond donors (Lipinski definition) is 1. The van der Waals surface area contributed by atoms with Crippen LogP contribution < -0.4 is 9.64 Å². The maximum absolute atomic E-state index is 14.0. The number of ether oxygens (including phenoxy) is 1. The molecule has 1 N–H and O–H groups in total. The van der Waals surface area contributed by atoms with Gasteiger partial charge in [-0.15, -0.1) is 23.2 Å². The number of phenolic OH excluding ortho intramolecular Hbond substituents is 1. The smallest absolute Gasteiger partial charge is 0.253 e. The first-order valence-corrected chi connectivity index (χ1v) is 13.9. The largest absolute Gasteiger partial charge is 0.504 e. The number of fused-ring (bicyclic) bond motifs is 4. The highest BCUT2D eigenvalue weighted by molar-refractivity contribution is 6.53. The highest BCUT2D eigenvalue weighted by atomic mass is 35.5. The number of benzene rings is 2. The Balaban J connectivity index is 1.53. The van der Waals surface area contributed by atoms with E-state index in [0.717, 1.165) is 15.4 Å². The number of methoxy groups -OCH3 is 1. The van der Waals surface area contributed by atoms with Gasteiger partial charge in [0.25, 0.3) is 11.8 Å². The fourth-order valence-corrected chi connectivity index (χ4v) is 8.19. The lowest BCUT2D eigenvalue weighted by molar-refractivity contribution is -0.138. The summed E-state index contributed by atoms with van der Waals surface area (Å²) in [5.74, 6) is -5.64. The number of nitrogens with zero attached hydrogens (tertiary/aromatic N) is 2. The lowest BCUT2D eigenvalue weighted by Gasteiger charge is -2.50. The van der Waals surface area contributed by atoms with Crippen molar-refractivity contribution < 1.29 is 29.0 Å². The summed E-state index contributed by atoms with van der Waals surface area (Å²) in [7, 11) is 2.70. The zero-order valence-electron chi connectivity index (χ0n) is 21.8. The molecule has 6 rings (SSSR count). The second-order valence-corrected chi connectivity index (χ2v) is 12.5. The summed E-state index contributed by atoms with van der Waals surface area (Å²) in [6.45, 7) is 1.82. The Kier molecular flexibility index (Phi) is 6.08. The van der Waals surface area contributed by atoms with E-state index in [1.54, 1.807) is 36.4 Å². The summed E-state index contributed by atoms with van der Waals surface area (Å²) in [6, 6.07) is 9.77. The van der Waals surface area contributed by atoms with Gasteiger partial charge in [-0.2, -0.15) is 0 Å². The molecule has 40 heavy (non-hydrogen) atoms. The number of phenols is 1. The van der Waals surface area contributed by atoms with Gasteiger partial charge >= 0.3 is 0 Å². The molecule has 6 atom stereocenters. The van der Waals surface area contributed by atoms with Crippen molar-refractivity contribution in [2.24, 2.45) is 17.8 Å². The third kappa shape index (κ3) is 3.27. The second-order valence-electron chi connectivity index (χ2n) is 10.8. The van der Waals surface area contributed by atoms with Crippen molar-refractivity contribution in [3.8, 4) is 11.5 Å². The van der Waals surface area contributed by atoms with Crippen LogP contribution in [0, 0.1) is 24.7 Å². The van der Waals surface area contributed by atoms with Gasteiger partial charge in [0.05, 0.1) is 24.6 Å². The SMILES string of the molecule is COc1cccc([C@H]2C3=CC[C@@H]4C(=O)N(c5ccc(C)c(Cl)c5)C(=O)[C@@H]4[C@@H]3C[C@@]3(Cl)C(=O)N(C)C(=O)[C@@]23Cl)c1O. The Morgan fingerprint density at radius 3 is 2.42 bits per heavy atom. The highest BCUT2D eigenvalue weighted by Crippen LogP contribution is 2.66. The molecule has 0 aromatic heterocycles. The maximum Gasteiger partial charge on any atom is 0.253 e. The van der Waals surface area contributed by atoms with Crippen LogP contribution in [0.3, 0.4) is 0 Å². The van der Waals surface area contributed by atoms with Crippen molar-refractivity contribution in [1.29, 1.82) is 0 Å². The van der Waals surface area contributed by atoms with E-state index in [0.29, 0.717) is 16.3 Å². The van der Waals surface area contributed by atoms with Crippen molar-refractivity contribution in [3.05, 3.63) is 64.2 Å². The molecule has 4 aliphatic rings. The third-order valence-corrected chi connectivity index (χ3v) is 10.8. The van der Waals surface area contributed by atoms with Crippen LogP contribution >= 0.6 is 34.8 Å². The molecule has 0 radical (unpaired) electrons. The van der Waals surface area contributed by atoms with Crippen LogP contribution in [0.15, 0.2) is 48.0 Å². The van der Waals surface area contributed by atoms with Gasteiger partial charge in [0, 0.05) is 23.6 Å². The summed E-state index contributed by atoms with van der Waals surface area (Å²) in [4.78, 5) is 53.0. The summed E-state index contributed by atoms with van der Waals surface area (Å²) in [5.41, 5.74) is 1.98. The van der Waals surface area contributed by atoms with E-state index in [-0.39, 0.29) is 35.8 Å². The molecule has 2 aliphatic carbocycles. The van der Waals surface area contributed by atoms with Crippen LogP contribution in [0.25, 0.3) is 0 Å². The van der Waals surface area contributed by atoms with E-state index < -0.39 is 51.1 Å².